The Balaban J connectivity index is 2.94. The third kappa shape index (κ3) is 2.30. The molecule has 1 amide bonds. The van der Waals surface area contributed by atoms with Gasteiger partial charge in [-0.05, 0) is 22.0 Å². The van der Waals surface area contributed by atoms with E-state index < -0.39 is 55.5 Å². The van der Waals surface area contributed by atoms with Crippen molar-refractivity contribution >= 4 is 44.7 Å². The SMILES string of the molecule is O=C1Nc2cc(C(F)(F)F)c(Br)c([N+](=O)[O-])c2/C(=N/O)C1=O. The molecule has 116 valence electrons. The van der Waals surface area contributed by atoms with Crippen molar-refractivity contribution in [1.82, 2.24) is 0 Å². The third-order valence-electron chi connectivity index (χ3n) is 2.73. The maximum absolute atomic E-state index is 12.9. The van der Waals surface area contributed by atoms with Crippen LogP contribution in [0.3, 0.4) is 0 Å². The van der Waals surface area contributed by atoms with E-state index in [4.69, 9.17) is 5.21 Å². The maximum atomic E-state index is 12.9. The van der Waals surface area contributed by atoms with E-state index in [1.807, 2.05) is 0 Å². The van der Waals surface area contributed by atoms with E-state index in [2.05, 4.69) is 21.1 Å². The molecule has 22 heavy (non-hydrogen) atoms. The highest BCUT2D eigenvalue weighted by Gasteiger charge is 2.44. The second-order valence-corrected chi connectivity index (χ2v) is 4.79. The van der Waals surface area contributed by atoms with Crippen molar-refractivity contribution < 1.29 is 32.9 Å². The molecule has 0 aliphatic carbocycles. The zero-order valence-electron chi connectivity index (χ0n) is 10.1. The summed E-state index contributed by atoms with van der Waals surface area (Å²) in [5.41, 5.74) is -4.95. The molecule has 0 radical (unpaired) electrons. The van der Waals surface area contributed by atoms with Gasteiger partial charge in [-0.2, -0.15) is 13.2 Å². The lowest BCUT2D eigenvalue weighted by Gasteiger charge is -2.19. The van der Waals surface area contributed by atoms with Gasteiger partial charge in [0.1, 0.15) is 10.0 Å². The molecule has 0 unspecified atom stereocenters. The molecule has 0 atom stereocenters. The number of nitrogens with zero attached hydrogens (tertiary/aromatic N) is 2. The number of carbonyl (C=O) groups is 2. The predicted octanol–water partition coefficient (Wildman–Crippen LogP) is 2.08. The number of alkyl halides is 3. The normalized spacial score (nSPS) is 16.5. The molecule has 1 aromatic carbocycles. The van der Waals surface area contributed by atoms with Crippen molar-refractivity contribution in [2.24, 2.45) is 5.16 Å². The van der Waals surface area contributed by atoms with Crippen LogP contribution < -0.4 is 5.32 Å². The minimum Gasteiger partial charge on any atom is -0.410 e. The van der Waals surface area contributed by atoms with Crippen molar-refractivity contribution in [2.45, 2.75) is 6.18 Å². The second-order valence-electron chi connectivity index (χ2n) is 4.00. The van der Waals surface area contributed by atoms with Crippen LogP contribution in [0.2, 0.25) is 0 Å². The molecule has 0 aromatic heterocycles. The quantitative estimate of drug-likeness (QED) is 0.333. The fourth-order valence-corrected chi connectivity index (χ4v) is 2.54. The highest BCUT2D eigenvalue weighted by Crippen LogP contribution is 2.45. The Bertz CT molecular complexity index is 759. The van der Waals surface area contributed by atoms with Crippen LogP contribution in [0.1, 0.15) is 11.1 Å². The summed E-state index contributed by atoms with van der Waals surface area (Å²) in [5.74, 6) is -2.78. The second kappa shape index (κ2) is 5.05. The van der Waals surface area contributed by atoms with Gasteiger partial charge in [0.15, 0.2) is 5.71 Å². The Morgan fingerprint density at radius 2 is 1.95 bits per heavy atom. The molecule has 1 aliphatic rings. The average molecular weight is 382 g/mol. The van der Waals surface area contributed by atoms with E-state index in [0.717, 1.165) is 0 Å². The first-order valence-corrected chi connectivity index (χ1v) is 6.05. The summed E-state index contributed by atoms with van der Waals surface area (Å²) in [4.78, 5) is 32.7. The minimum atomic E-state index is -4.96. The van der Waals surface area contributed by atoms with Gasteiger partial charge in [0.25, 0.3) is 17.4 Å². The summed E-state index contributed by atoms with van der Waals surface area (Å²) in [5, 5.41) is 24.1. The Hall–Kier alpha value is -2.50. The van der Waals surface area contributed by atoms with E-state index in [1.165, 1.54) is 0 Å². The monoisotopic (exact) mass is 381 g/mol. The Morgan fingerprint density at radius 1 is 1.36 bits per heavy atom. The summed E-state index contributed by atoms with van der Waals surface area (Å²) in [6, 6.07) is 0.405. The summed E-state index contributed by atoms with van der Waals surface area (Å²) < 4.78 is 37.8. The van der Waals surface area contributed by atoms with E-state index in [9.17, 15) is 32.9 Å². The van der Waals surface area contributed by atoms with Gasteiger partial charge in [-0.1, -0.05) is 5.16 Å². The van der Waals surface area contributed by atoms with Crippen molar-refractivity contribution in [2.75, 3.05) is 5.32 Å². The highest BCUT2D eigenvalue weighted by atomic mass is 79.9. The molecular weight excluding hydrogens is 379 g/mol. The number of nitrogens with one attached hydrogen (secondary N) is 1. The molecule has 0 saturated carbocycles. The number of nitro benzene ring substituents is 1. The highest BCUT2D eigenvalue weighted by molar-refractivity contribution is 9.10. The Morgan fingerprint density at radius 3 is 2.41 bits per heavy atom. The number of rotatable bonds is 1. The maximum Gasteiger partial charge on any atom is 0.417 e. The summed E-state index contributed by atoms with van der Waals surface area (Å²) in [6.07, 6.45) is -4.96. The molecule has 0 fully saturated rings. The number of hydrogen-bond donors (Lipinski definition) is 2. The molecule has 8 nitrogen and oxygen atoms in total. The lowest BCUT2D eigenvalue weighted by molar-refractivity contribution is -0.386. The largest absolute Gasteiger partial charge is 0.417 e. The first kappa shape index (κ1) is 15.9. The number of carbonyl (C=O) groups excluding carboxylic acids is 2. The summed E-state index contributed by atoms with van der Waals surface area (Å²) in [6.45, 7) is 0. The number of fused-ring (bicyclic) bond motifs is 1. The van der Waals surface area contributed by atoms with Gasteiger partial charge in [0.05, 0.1) is 16.2 Å². The van der Waals surface area contributed by atoms with E-state index in [1.54, 1.807) is 5.32 Å². The van der Waals surface area contributed by atoms with Crippen LogP contribution in [0.5, 0.6) is 0 Å². The topological polar surface area (TPSA) is 122 Å². The standard InChI is InChI=1S/C10H3BrF3N3O5/c11-5-2(10(12,13)14)1-3-4(7(5)17(21)22)6(16-20)8(18)9(19)15-3/h1,20H,(H,15,19)/b16-6-. The first-order valence-electron chi connectivity index (χ1n) is 5.25. The number of oxime groups is 1. The number of ketones is 1. The predicted molar refractivity (Wildman–Crippen MR) is 67.8 cm³/mol. The summed E-state index contributed by atoms with van der Waals surface area (Å²) in [7, 11) is 0. The van der Waals surface area contributed by atoms with Crippen molar-refractivity contribution in [3.05, 3.63) is 31.8 Å². The van der Waals surface area contributed by atoms with Crippen LogP contribution in [0, 0.1) is 10.1 Å². The van der Waals surface area contributed by atoms with Gasteiger partial charge in [-0.3, -0.25) is 19.7 Å². The fourth-order valence-electron chi connectivity index (χ4n) is 1.86. The van der Waals surface area contributed by atoms with Crippen molar-refractivity contribution in [3.8, 4) is 0 Å². The van der Waals surface area contributed by atoms with Gasteiger partial charge in [-0.15, -0.1) is 0 Å². The van der Waals surface area contributed by atoms with Gasteiger partial charge in [0.2, 0.25) is 0 Å². The van der Waals surface area contributed by atoms with Crippen LogP contribution in [0.4, 0.5) is 24.5 Å². The Labute approximate surface area is 126 Å². The number of nitro groups is 1. The average Bonchev–Trinajstić information content (AvgIpc) is 2.38. The van der Waals surface area contributed by atoms with E-state index >= 15 is 0 Å². The molecular formula is C10H3BrF3N3O5. The molecule has 1 heterocycles. The number of anilines is 1. The first-order chi connectivity index (χ1) is 10.1. The number of hydrogen-bond acceptors (Lipinski definition) is 6. The third-order valence-corrected chi connectivity index (χ3v) is 3.54. The molecule has 1 aliphatic heterocycles. The molecule has 0 saturated heterocycles. The number of benzene rings is 1. The van der Waals surface area contributed by atoms with Crippen LogP contribution >= 0.6 is 15.9 Å². The molecule has 2 N–H and O–H groups in total. The van der Waals surface area contributed by atoms with E-state index in [-0.39, 0.29) is 0 Å². The molecule has 1 aromatic rings. The smallest absolute Gasteiger partial charge is 0.410 e. The van der Waals surface area contributed by atoms with Gasteiger partial charge < -0.3 is 10.5 Å². The number of halogens is 4. The van der Waals surface area contributed by atoms with Gasteiger partial charge in [0, 0.05) is 0 Å². The van der Waals surface area contributed by atoms with Crippen LogP contribution in [0.25, 0.3) is 0 Å². The zero-order valence-corrected chi connectivity index (χ0v) is 11.6. The van der Waals surface area contributed by atoms with Crippen LogP contribution in [0.15, 0.2) is 15.7 Å². The van der Waals surface area contributed by atoms with Gasteiger partial charge >= 0.3 is 6.18 Å². The fraction of sp³-hybridized carbons (Fsp3) is 0.100. The van der Waals surface area contributed by atoms with Gasteiger partial charge in [-0.25, -0.2) is 0 Å². The summed E-state index contributed by atoms with van der Waals surface area (Å²) >= 11 is 2.47. The van der Waals surface area contributed by atoms with Crippen molar-refractivity contribution in [3.63, 3.8) is 0 Å². The van der Waals surface area contributed by atoms with Crippen LogP contribution in [-0.4, -0.2) is 27.5 Å². The molecule has 12 heteroatoms. The van der Waals surface area contributed by atoms with E-state index in [0.29, 0.717) is 6.07 Å². The molecule has 2 rings (SSSR count). The zero-order chi connectivity index (χ0) is 16.8. The number of Topliss-reactive ketones (excluding diaryl/α,β-unsaturated/α-hetero) is 1. The molecule has 0 spiro atoms. The number of amides is 1. The van der Waals surface area contributed by atoms with Crippen molar-refractivity contribution in [1.29, 1.82) is 0 Å². The Kier molecular flexibility index (Phi) is 3.64. The van der Waals surface area contributed by atoms with Crippen LogP contribution in [-0.2, 0) is 15.8 Å². The lowest BCUT2D eigenvalue weighted by Crippen LogP contribution is -2.37. The minimum absolute atomic E-state index is 0.405. The molecule has 0 bridgehead atoms. The lowest BCUT2D eigenvalue weighted by atomic mass is 9.95.